The molecule has 1 aromatic heterocycles. The Morgan fingerprint density at radius 2 is 2.06 bits per heavy atom. The number of benzene rings is 1. The number of para-hydroxylation sites is 1. The van der Waals surface area contributed by atoms with Gasteiger partial charge in [0.2, 0.25) is 0 Å². The maximum atomic E-state index is 10.9. The molecule has 1 fully saturated rings. The normalized spacial score (nSPS) is 22.4. The van der Waals surface area contributed by atoms with Crippen molar-refractivity contribution in [2.24, 2.45) is 5.92 Å². The molecule has 1 aliphatic carbocycles. The van der Waals surface area contributed by atoms with Crippen molar-refractivity contribution in [2.75, 3.05) is 0 Å². The minimum absolute atomic E-state index is 0.107. The molecule has 86 valence electrons. The van der Waals surface area contributed by atoms with Crippen LogP contribution in [0.5, 0.6) is 0 Å². The van der Waals surface area contributed by atoms with Gasteiger partial charge in [0.1, 0.15) is 0 Å². The molecule has 0 aliphatic heterocycles. The lowest BCUT2D eigenvalue weighted by Crippen LogP contribution is -2.04. The van der Waals surface area contributed by atoms with E-state index in [1.165, 1.54) is 0 Å². The second-order valence-electron chi connectivity index (χ2n) is 4.29. The van der Waals surface area contributed by atoms with Crippen LogP contribution in [0.25, 0.3) is 5.69 Å². The Kier molecular flexibility index (Phi) is 2.21. The van der Waals surface area contributed by atoms with E-state index < -0.39 is 5.97 Å². The summed E-state index contributed by atoms with van der Waals surface area (Å²) < 4.78 is 1.83. The maximum Gasteiger partial charge on any atom is 0.307 e. The quantitative estimate of drug-likeness (QED) is 0.874. The average molecular weight is 228 g/mol. The Labute approximate surface area is 98.5 Å². The van der Waals surface area contributed by atoms with Crippen LogP contribution in [0.3, 0.4) is 0 Å². The first kappa shape index (κ1) is 10.1. The van der Waals surface area contributed by atoms with Gasteiger partial charge in [0.05, 0.1) is 11.6 Å². The molecule has 0 bridgehead atoms. The van der Waals surface area contributed by atoms with Crippen LogP contribution in [0.1, 0.15) is 18.0 Å². The SMILES string of the molecule is O=C(O)[C@@H]1C[C@H]1c1ccnn1-c1ccccc1. The molecule has 3 rings (SSSR count). The van der Waals surface area contributed by atoms with E-state index in [1.54, 1.807) is 6.20 Å². The van der Waals surface area contributed by atoms with Crippen molar-refractivity contribution in [1.82, 2.24) is 9.78 Å². The summed E-state index contributed by atoms with van der Waals surface area (Å²) in [6, 6.07) is 11.7. The van der Waals surface area contributed by atoms with Crippen molar-refractivity contribution < 1.29 is 9.90 Å². The Morgan fingerprint density at radius 1 is 1.29 bits per heavy atom. The van der Waals surface area contributed by atoms with Crippen molar-refractivity contribution in [3.05, 3.63) is 48.3 Å². The van der Waals surface area contributed by atoms with E-state index in [9.17, 15) is 4.79 Å². The van der Waals surface area contributed by atoms with Crippen LogP contribution < -0.4 is 0 Å². The van der Waals surface area contributed by atoms with Gasteiger partial charge in [0.15, 0.2) is 0 Å². The Morgan fingerprint density at radius 3 is 2.71 bits per heavy atom. The second-order valence-corrected chi connectivity index (χ2v) is 4.29. The van der Waals surface area contributed by atoms with E-state index in [1.807, 2.05) is 41.1 Å². The molecule has 0 radical (unpaired) electrons. The summed E-state index contributed by atoms with van der Waals surface area (Å²) in [7, 11) is 0. The lowest BCUT2D eigenvalue weighted by molar-refractivity contribution is -0.138. The van der Waals surface area contributed by atoms with Gasteiger partial charge in [-0.1, -0.05) is 18.2 Å². The van der Waals surface area contributed by atoms with Gasteiger partial charge in [-0.3, -0.25) is 4.79 Å². The van der Waals surface area contributed by atoms with Crippen LogP contribution in [0, 0.1) is 5.92 Å². The molecule has 1 aliphatic rings. The number of nitrogens with zero attached hydrogens (tertiary/aromatic N) is 2. The van der Waals surface area contributed by atoms with E-state index in [2.05, 4.69) is 5.10 Å². The third-order valence-electron chi connectivity index (χ3n) is 3.16. The van der Waals surface area contributed by atoms with E-state index >= 15 is 0 Å². The zero-order valence-electron chi connectivity index (χ0n) is 9.15. The molecule has 2 aromatic rings. The molecule has 17 heavy (non-hydrogen) atoms. The summed E-state index contributed by atoms with van der Waals surface area (Å²) in [5, 5.41) is 13.2. The fraction of sp³-hybridized carbons (Fsp3) is 0.231. The third kappa shape index (κ3) is 1.71. The number of rotatable bonds is 3. The summed E-state index contributed by atoms with van der Waals surface area (Å²) in [5.41, 5.74) is 1.96. The first-order valence-electron chi connectivity index (χ1n) is 5.59. The predicted molar refractivity (Wildman–Crippen MR) is 62.0 cm³/mol. The topological polar surface area (TPSA) is 55.1 Å². The third-order valence-corrected chi connectivity index (χ3v) is 3.16. The highest BCUT2D eigenvalue weighted by Crippen LogP contribution is 2.47. The van der Waals surface area contributed by atoms with Crippen LogP contribution in [0.15, 0.2) is 42.6 Å². The fourth-order valence-electron chi connectivity index (χ4n) is 2.17. The van der Waals surface area contributed by atoms with Gasteiger partial charge < -0.3 is 5.11 Å². The van der Waals surface area contributed by atoms with Crippen molar-refractivity contribution in [3.63, 3.8) is 0 Å². The molecular weight excluding hydrogens is 216 g/mol. The highest BCUT2D eigenvalue weighted by atomic mass is 16.4. The average Bonchev–Trinajstić information content (AvgIpc) is 3.00. The summed E-state index contributed by atoms with van der Waals surface area (Å²) in [5.74, 6) is -0.847. The van der Waals surface area contributed by atoms with Gasteiger partial charge in [0.25, 0.3) is 0 Å². The summed E-state index contributed by atoms with van der Waals surface area (Å²) in [6.45, 7) is 0. The standard InChI is InChI=1S/C13H12N2O2/c16-13(17)11-8-10(11)12-6-7-14-15(12)9-4-2-1-3-5-9/h1-7,10-11H,8H2,(H,16,17)/t10-,11-/m1/s1. The van der Waals surface area contributed by atoms with Crippen LogP contribution in [0.2, 0.25) is 0 Å². The molecule has 1 N–H and O–H groups in total. The van der Waals surface area contributed by atoms with Crippen LogP contribution in [0.4, 0.5) is 0 Å². The highest BCUT2D eigenvalue weighted by Gasteiger charge is 2.46. The Hall–Kier alpha value is -2.10. The van der Waals surface area contributed by atoms with Crippen molar-refractivity contribution in [1.29, 1.82) is 0 Å². The Bertz CT molecular complexity index is 548. The smallest absolute Gasteiger partial charge is 0.307 e. The number of aliphatic carboxylic acids is 1. The highest BCUT2D eigenvalue weighted by molar-refractivity contribution is 5.75. The number of hydrogen-bond donors (Lipinski definition) is 1. The lowest BCUT2D eigenvalue weighted by atomic mass is 10.2. The van der Waals surface area contributed by atoms with Crippen molar-refractivity contribution in [2.45, 2.75) is 12.3 Å². The summed E-state index contributed by atoms with van der Waals surface area (Å²) in [6.07, 6.45) is 2.44. The monoisotopic (exact) mass is 228 g/mol. The molecule has 1 heterocycles. The minimum atomic E-state index is -0.712. The fourth-order valence-corrected chi connectivity index (χ4v) is 2.17. The van der Waals surface area contributed by atoms with E-state index in [-0.39, 0.29) is 11.8 Å². The van der Waals surface area contributed by atoms with Crippen molar-refractivity contribution >= 4 is 5.97 Å². The maximum absolute atomic E-state index is 10.9. The molecule has 1 saturated carbocycles. The molecule has 4 heteroatoms. The molecule has 0 unspecified atom stereocenters. The van der Waals surface area contributed by atoms with Gasteiger partial charge in [0, 0.05) is 17.8 Å². The summed E-state index contributed by atoms with van der Waals surface area (Å²) in [4.78, 5) is 10.9. The number of carbonyl (C=O) groups is 1. The lowest BCUT2D eigenvalue weighted by Gasteiger charge is -2.06. The number of hydrogen-bond acceptors (Lipinski definition) is 2. The summed E-state index contributed by atoms with van der Waals surface area (Å²) >= 11 is 0. The van der Waals surface area contributed by atoms with Crippen molar-refractivity contribution in [3.8, 4) is 5.69 Å². The Balaban J connectivity index is 1.94. The predicted octanol–water partition coefficient (Wildman–Crippen LogP) is 2.06. The zero-order valence-corrected chi connectivity index (χ0v) is 9.15. The largest absolute Gasteiger partial charge is 0.481 e. The van der Waals surface area contributed by atoms with Gasteiger partial charge >= 0.3 is 5.97 Å². The first-order valence-corrected chi connectivity index (χ1v) is 5.59. The van der Waals surface area contributed by atoms with E-state index in [0.717, 1.165) is 11.4 Å². The molecule has 1 aromatic carbocycles. The second kappa shape index (κ2) is 3.73. The minimum Gasteiger partial charge on any atom is -0.481 e. The van der Waals surface area contributed by atoms with Gasteiger partial charge in [-0.25, -0.2) is 4.68 Å². The molecule has 0 saturated heterocycles. The molecule has 4 nitrogen and oxygen atoms in total. The number of aromatic nitrogens is 2. The van der Waals surface area contributed by atoms with E-state index in [4.69, 9.17) is 5.11 Å². The van der Waals surface area contributed by atoms with Crippen LogP contribution in [-0.2, 0) is 4.79 Å². The molecule has 0 amide bonds. The van der Waals surface area contributed by atoms with Gasteiger partial charge in [-0.2, -0.15) is 5.10 Å². The molecular formula is C13H12N2O2. The number of carboxylic acid groups (broad SMARTS) is 1. The molecule has 0 spiro atoms. The zero-order chi connectivity index (χ0) is 11.8. The molecule has 2 atom stereocenters. The van der Waals surface area contributed by atoms with Crippen LogP contribution >= 0.6 is 0 Å². The van der Waals surface area contributed by atoms with Gasteiger partial charge in [-0.05, 0) is 24.6 Å². The van der Waals surface area contributed by atoms with Gasteiger partial charge in [-0.15, -0.1) is 0 Å². The van der Waals surface area contributed by atoms with Crippen LogP contribution in [-0.4, -0.2) is 20.9 Å². The number of carboxylic acids is 1. The van der Waals surface area contributed by atoms with E-state index in [0.29, 0.717) is 6.42 Å². The first-order chi connectivity index (χ1) is 8.27.